The van der Waals surface area contributed by atoms with Crippen molar-refractivity contribution in [2.24, 2.45) is 5.10 Å². The number of halogens is 2. The third-order valence-electron chi connectivity index (χ3n) is 3.98. The first-order valence-corrected chi connectivity index (χ1v) is 9.88. The second-order valence-electron chi connectivity index (χ2n) is 6.01. The summed E-state index contributed by atoms with van der Waals surface area (Å²) in [6, 6.07) is 18.1. The smallest absolute Gasteiger partial charge is 0.343 e. The third kappa shape index (κ3) is 5.68. The van der Waals surface area contributed by atoms with E-state index in [9.17, 15) is 9.59 Å². The second kappa shape index (κ2) is 10.0. The van der Waals surface area contributed by atoms with Crippen LogP contribution in [-0.4, -0.2) is 25.2 Å². The predicted molar refractivity (Wildman–Crippen MR) is 119 cm³/mol. The molecular formula is C22H16BrClN2O4. The Morgan fingerprint density at radius 2 is 1.67 bits per heavy atom. The van der Waals surface area contributed by atoms with Gasteiger partial charge in [-0.05, 0) is 66.7 Å². The minimum absolute atomic E-state index is 0.259. The molecule has 8 heteroatoms. The van der Waals surface area contributed by atoms with Crippen molar-refractivity contribution in [2.45, 2.75) is 0 Å². The van der Waals surface area contributed by atoms with E-state index in [1.54, 1.807) is 73.8 Å². The summed E-state index contributed by atoms with van der Waals surface area (Å²) in [5.74, 6) is -0.0212. The molecule has 1 N–H and O–H groups in total. The van der Waals surface area contributed by atoms with Gasteiger partial charge in [0, 0.05) is 20.6 Å². The van der Waals surface area contributed by atoms with Crippen molar-refractivity contribution in [1.82, 2.24) is 5.43 Å². The summed E-state index contributed by atoms with van der Waals surface area (Å²) in [7, 11) is 1.55. The van der Waals surface area contributed by atoms with E-state index in [1.165, 1.54) is 6.21 Å². The van der Waals surface area contributed by atoms with Crippen molar-refractivity contribution >= 4 is 45.6 Å². The zero-order valence-corrected chi connectivity index (χ0v) is 18.1. The number of rotatable bonds is 6. The lowest BCUT2D eigenvalue weighted by atomic mass is 10.2. The van der Waals surface area contributed by atoms with Crippen LogP contribution in [0.1, 0.15) is 26.3 Å². The molecule has 152 valence electrons. The van der Waals surface area contributed by atoms with Gasteiger partial charge >= 0.3 is 5.97 Å². The van der Waals surface area contributed by atoms with Crippen LogP contribution in [0.25, 0.3) is 0 Å². The van der Waals surface area contributed by atoms with E-state index in [0.717, 1.165) is 4.47 Å². The summed E-state index contributed by atoms with van der Waals surface area (Å²) >= 11 is 9.37. The Balaban J connectivity index is 1.71. The molecule has 0 radical (unpaired) electrons. The van der Waals surface area contributed by atoms with Crippen molar-refractivity contribution in [3.63, 3.8) is 0 Å². The van der Waals surface area contributed by atoms with E-state index in [-0.39, 0.29) is 5.75 Å². The van der Waals surface area contributed by atoms with Gasteiger partial charge in [-0.15, -0.1) is 0 Å². The number of methoxy groups -OCH3 is 1. The Labute approximate surface area is 186 Å². The van der Waals surface area contributed by atoms with E-state index < -0.39 is 11.9 Å². The van der Waals surface area contributed by atoms with Crippen LogP contribution in [0.5, 0.6) is 11.5 Å². The number of amides is 1. The normalized spacial score (nSPS) is 10.6. The minimum atomic E-state index is -0.526. The molecule has 0 aliphatic rings. The molecule has 0 atom stereocenters. The van der Waals surface area contributed by atoms with Gasteiger partial charge in [0.2, 0.25) is 0 Å². The van der Waals surface area contributed by atoms with E-state index in [2.05, 4.69) is 26.5 Å². The molecule has 0 saturated heterocycles. The molecular weight excluding hydrogens is 472 g/mol. The highest BCUT2D eigenvalue weighted by atomic mass is 79.9. The molecule has 3 aromatic rings. The van der Waals surface area contributed by atoms with Gasteiger partial charge in [0.05, 0.1) is 18.9 Å². The average molecular weight is 488 g/mol. The van der Waals surface area contributed by atoms with Crippen molar-refractivity contribution < 1.29 is 19.1 Å². The lowest BCUT2D eigenvalue weighted by Crippen LogP contribution is -2.17. The van der Waals surface area contributed by atoms with Crippen LogP contribution < -0.4 is 14.9 Å². The Morgan fingerprint density at radius 3 is 2.33 bits per heavy atom. The molecule has 0 aliphatic heterocycles. The van der Waals surface area contributed by atoms with Crippen LogP contribution in [0, 0.1) is 0 Å². The fraction of sp³-hybridized carbons (Fsp3) is 0.0455. The Bertz CT molecular complexity index is 1080. The van der Waals surface area contributed by atoms with Crippen molar-refractivity contribution in [3.8, 4) is 11.5 Å². The van der Waals surface area contributed by atoms with Gasteiger partial charge in [-0.3, -0.25) is 4.79 Å². The molecule has 0 aliphatic carbocycles. The van der Waals surface area contributed by atoms with Crippen LogP contribution in [-0.2, 0) is 0 Å². The maximum absolute atomic E-state index is 12.4. The molecule has 0 spiro atoms. The van der Waals surface area contributed by atoms with Crippen LogP contribution in [0.15, 0.2) is 76.3 Å². The van der Waals surface area contributed by atoms with E-state index in [0.29, 0.717) is 27.5 Å². The van der Waals surface area contributed by atoms with Gasteiger partial charge in [0.25, 0.3) is 5.91 Å². The molecule has 0 aromatic heterocycles. The Morgan fingerprint density at radius 1 is 1.00 bits per heavy atom. The van der Waals surface area contributed by atoms with Gasteiger partial charge < -0.3 is 9.47 Å². The summed E-state index contributed by atoms with van der Waals surface area (Å²) in [6.07, 6.45) is 1.36. The molecule has 0 heterocycles. The van der Waals surface area contributed by atoms with Gasteiger partial charge in [0.1, 0.15) is 11.5 Å². The summed E-state index contributed by atoms with van der Waals surface area (Å²) in [5, 5.41) is 4.37. The maximum atomic E-state index is 12.4. The number of esters is 1. The zero-order valence-electron chi connectivity index (χ0n) is 15.8. The molecule has 3 rings (SSSR count). The van der Waals surface area contributed by atoms with Crippen LogP contribution in [0.4, 0.5) is 0 Å². The fourth-order valence-corrected chi connectivity index (χ4v) is 2.87. The highest BCUT2D eigenvalue weighted by Gasteiger charge is 2.12. The van der Waals surface area contributed by atoms with E-state index in [1.807, 2.05) is 0 Å². The second-order valence-corrected chi connectivity index (χ2v) is 7.36. The highest BCUT2D eigenvalue weighted by molar-refractivity contribution is 9.10. The Kier molecular flexibility index (Phi) is 7.21. The summed E-state index contributed by atoms with van der Waals surface area (Å²) in [5.41, 5.74) is 3.67. The molecule has 0 saturated carbocycles. The van der Waals surface area contributed by atoms with Crippen LogP contribution in [0.2, 0.25) is 5.02 Å². The van der Waals surface area contributed by atoms with Crippen molar-refractivity contribution in [2.75, 3.05) is 7.11 Å². The SMILES string of the molecule is COc1ccc(C(=O)N/N=C/c2cc(Cl)ccc2OC(=O)c2ccc(Br)cc2)cc1. The number of hydrazone groups is 1. The van der Waals surface area contributed by atoms with E-state index in [4.69, 9.17) is 21.1 Å². The van der Waals surface area contributed by atoms with E-state index >= 15 is 0 Å². The first-order chi connectivity index (χ1) is 14.5. The number of nitrogens with one attached hydrogen (secondary N) is 1. The van der Waals surface area contributed by atoms with Gasteiger partial charge in [-0.1, -0.05) is 27.5 Å². The van der Waals surface area contributed by atoms with Gasteiger partial charge in [0.15, 0.2) is 0 Å². The first kappa shape index (κ1) is 21.5. The zero-order chi connectivity index (χ0) is 21.5. The predicted octanol–water partition coefficient (Wildman–Crippen LogP) is 5.09. The summed E-state index contributed by atoms with van der Waals surface area (Å²) in [6.45, 7) is 0. The molecule has 6 nitrogen and oxygen atoms in total. The number of carbonyl (C=O) groups is 2. The number of carbonyl (C=O) groups excluding carboxylic acids is 2. The topological polar surface area (TPSA) is 77.0 Å². The summed E-state index contributed by atoms with van der Waals surface area (Å²) < 4.78 is 11.4. The molecule has 3 aromatic carbocycles. The highest BCUT2D eigenvalue weighted by Crippen LogP contribution is 2.23. The molecule has 0 fully saturated rings. The van der Waals surface area contributed by atoms with Gasteiger partial charge in [-0.2, -0.15) is 5.10 Å². The molecule has 0 unspecified atom stereocenters. The third-order valence-corrected chi connectivity index (χ3v) is 4.74. The number of hydrogen-bond donors (Lipinski definition) is 1. The number of hydrogen-bond acceptors (Lipinski definition) is 5. The first-order valence-electron chi connectivity index (χ1n) is 8.71. The lowest BCUT2D eigenvalue weighted by molar-refractivity contribution is 0.0734. The number of ether oxygens (including phenoxy) is 2. The number of benzene rings is 3. The Hall–Kier alpha value is -3.16. The standard InChI is InChI=1S/C22H16BrClN2O4/c1-29-19-9-4-14(5-10-19)21(27)26-25-13-16-12-18(24)8-11-20(16)30-22(28)15-2-6-17(23)7-3-15/h2-13H,1H3,(H,26,27)/b25-13+. The quantitative estimate of drug-likeness (QED) is 0.227. The summed E-state index contributed by atoms with van der Waals surface area (Å²) in [4.78, 5) is 24.6. The molecule has 1 amide bonds. The van der Waals surface area contributed by atoms with Crippen LogP contribution in [0.3, 0.4) is 0 Å². The molecule has 0 bridgehead atoms. The molecule has 30 heavy (non-hydrogen) atoms. The van der Waals surface area contributed by atoms with Crippen molar-refractivity contribution in [3.05, 3.63) is 92.9 Å². The lowest BCUT2D eigenvalue weighted by Gasteiger charge is -2.08. The monoisotopic (exact) mass is 486 g/mol. The van der Waals surface area contributed by atoms with Crippen LogP contribution >= 0.6 is 27.5 Å². The largest absolute Gasteiger partial charge is 0.497 e. The number of nitrogens with zero attached hydrogens (tertiary/aromatic N) is 1. The van der Waals surface area contributed by atoms with Crippen molar-refractivity contribution in [1.29, 1.82) is 0 Å². The fourth-order valence-electron chi connectivity index (χ4n) is 2.43. The van der Waals surface area contributed by atoms with Gasteiger partial charge in [-0.25, -0.2) is 10.2 Å². The maximum Gasteiger partial charge on any atom is 0.343 e. The minimum Gasteiger partial charge on any atom is -0.497 e. The average Bonchev–Trinajstić information content (AvgIpc) is 2.76.